The van der Waals surface area contributed by atoms with Crippen molar-refractivity contribution >= 4 is 135 Å². The summed E-state index contributed by atoms with van der Waals surface area (Å²) in [6.45, 7) is 3.25. The molecule has 6 fully saturated rings. The van der Waals surface area contributed by atoms with E-state index in [1.165, 1.54) is 31.9 Å². The maximum atomic E-state index is 14.6. The van der Waals surface area contributed by atoms with Crippen LogP contribution in [-0.4, -0.2) is 255 Å². The van der Waals surface area contributed by atoms with E-state index >= 15 is 0 Å². The van der Waals surface area contributed by atoms with Gasteiger partial charge in [0.2, 0.25) is 70.9 Å². The summed E-state index contributed by atoms with van der Waals surface area (Å²) < 4.78 is 12.8. The van der Waals surface area contributed by atoms with Crippen molar-refractivity contribution in [2.24, 2.45) is 86.6 Å². The Bertz CT molecular complexity index is 4710. The Morgan fingerprint density at radius 3 is 1.80 bits per heavy atom. The number of ketones is 3. The summed E-state index contributed by atoms with van der Waals surface area (Å²) in [7, 11) is 1.58. The number of carbonyl (C=O) groups is 16. The van der Waals surface area contributed by atoms with Crippen molar-refractivity contribution in [3.05, 3.63) is 82.4 Å². The number of benzene rings is 2. The molecule has 1 spiro atoms. The molecule has 12 atom stereocenters. The number of H-pyrrole nitrogens is 1. The first-order valence-corrected chi connectivity index (χ1v) is 48.8. The summed E-state index contributed by atoms with van der Waals surface area (Å²) in [5.41, 5.74) is 41.4. The molecule has 1 aromatic heterocycles. The zero-order chi connectivity index (χ0) is 101. The number of halogens is 1. The molecule has 762 valence electrons. The first-order valence-electron chi connectivity index (χ1n) is 47.4. The molecule has 43 nitrogen and oxygen atoms in total. The fourth-order valence-corrected chi connectivity index (χ4v) is 20.0. The van der Waals surface area contributed by atoms with Gasteiger partial charge >= 0.3 is 5.97 Å². The average molecular weight is 1970 g/mol. The number of carboxylic acid groups (broad SMARTS) is 1. The Kier molecular flexibility index (Phi) is 45.4. The molecule has 4 aliphatic carbocycles. The van der Waals surface area contributed by atoms with Crippen molar-refractivity contribution in [3.63, 3.8) is 0 Å². The van der Waals surface area contributed by atoms with E-state index in [9.17, 15) is 92.0 Å². The minimum absolute atomic E-state index is 0.00752. The van der Waals surface area contributed by atoms with E-state index in [4.69, 9.17) is 71.0 Å². The van der Waals surface area contributed by atoms with Crippen LogP contribution >= 0.6 is 23.4 Å². The van der Waals surface area contributed by atoms with Gasteiger partial charge in [-0.3, -0.25) is 81.8 Å². The van der Waals surface area contributed by atoms with Crippen molar-refractivity contribution in [1.29, 1.82) is 0 Å². The number of unbranched alkanes of at least 4 members (excludes halogenated alkanes) is 5. The topological polar surface area (TPSA) is 705 Å². The van der Waals surface area contributed by atoms with E-state index < -0.39 is 198 Å². The summed E-state index contributed by atoms with van der Waals surface area (Å²) in [5, 5.41) is 53.6. The number of allylic oxidation sites excluding steroid dienone is 1. The number of anilines is 1. The average Bonchev–Trinajstić information content (AvgIpc) is 0.700. The molecule has 0 radical (unpaired) electrons. The van der Waals surface area contributed by atoms with Gasteiger partial charge in [-0.05, 0) is 214 Å². The second kappa shape index (κ2) is 55.7. The Labute approximate surface area is 810 Å². The van der Waals surface area contributed by atoms with Crippen molar-refractivity contribution < 1.29 is 111 Å². The van der Waals surface area contributed by atoms with Gasteiger partial charge in [-0.15, -0.1) is 11.8 Å². The molecule has 3 aromatic rings. The van der Waals surface area contributed by atoms with Crippen molar-refractivity contribution in [2.45, 2.75) is 266 Å². The van der Waals surface area contributed by atoms with E-state index in [0.717, 1.165) is 42.3 Å². The molecule has 3 heterocycles. The van der Waals surface area contributed by atoms with E-state index in [2.05, 4.69) is 62.8 Å². The number of nitrogens with two attached hydrogens (primary N) is 7. The van der Waals surface area contributed by atoms with Crippen LogP contribution in [-0.2, 0) is 110 Å². The SMILES string of the molecule is COC1(c2ccc(/C=C/C(C)=O)c(OCc3ccc(NC(=O)[C@H](CCC(N)=O)NC(=O)[C@@H](CC(=O)[C@H](CCCCN)NC(=O)[C@H](CO)CC(=O)[C@H](CO)NC(=O)[C@H](Cc4cnc[nH]4)NC(=O)CCCCCN4C(=O)CC(SC[C@@H](N)C(=O)NCC(=O)N[C@H](CCCCN)C(=O)N[C@H](CCCN=C(N)N)C(=O)N[C@H](CCCCN)C(=O)O)C4=O)CC(C)C)cc3)c2Cl)OOC12C1CC3CC(C1)CC2C3. The third-order valence-corrected chi connectivity index (χ3v) is 27.3. The molecule has 2 aromatic carbocycles. The molecular formula is C93H139ClN20O23S. The number of carbonyl (C=O) groups excluding carboxylic acids is 15. The normalized spacial score (nSPS) is 20.7. The number of imidazole rings is 1. The zero-order valence-corrected chi connectivity index (χ0v) is 80.4. The number of aliphatic hydroxyl groups is 2. The lowest BCUT2D eigenvalue weighted by atomic mass is 9.47. The third-order valence-electron chi connectivity index (χ3n) is 25.6. The number of aliphatic carboxylic acids is 1. The quantitative estimate of drug-likeness (QED) is 0.00919. The largest absolute Gasteiger partial charge is 0.487 e. The molecule has 6 aliphatic rings. The Hall–Kier alpha value is -10.9. The molecule has 27 N–H and O–H groups in total. The number of primary amides is 1. The number of ether oxygens (including phenoxy) is 2. The summed E-state index contributed by atoms with van der Waals surface area (Å²) in [6.07, 6.45) is 12.2. The summed E-state index contributed by atoms with van der Waals surface area (Å²) >= 11 is 8.32. The van der Waals surface area contributed by atoms with E-state index in [-0.39, 0.29) is 162 Å². The van der Waals surface area contributed by atoms with E-state index in [1.54, 1.807) is 43.5 Å². The van der Waals surface area contributed by atoms with Gasteiger partial charge in [0.05, 0.1) is 54.4 Å². The van der Waals surface area contributed by atoms with Crippen LogP contribution in [0.2, 0.25) is 5.02 Å². The van der Waals surface area contributed by atoms with Crippen molar-refractivity contribution in [2.75, 3.05) is 70.7 Å². The van der Waals surface area contributed by atoms with Crippen LogP contribution in [0.4, 0.5) is 5.69 Å². The fraction of sp³-hybridized carbons (Fsp3) is 0.634. The van der Waals surface area contributed by atoms with Gasteiger partial charge in [0.15, 0.2) is 28.9 Å². The number of aromatic nitrogens is 2. The smallest absolute Gasteiger partial charge is 0.326 e. The zero-order valence-electron chi connectivity index (χ0n) is 78.8. The highest BCUT2D eigenvalue weighted by atomic mass is 35.5. The van der Waals surface area contributed by atoms with Crippen LogP contribution in [0.25, 0.3) is 6.08 Å². The second-order valence-corrected chi connectivity index (χ2v) is 38.2. The van der Waals surface area contributed by atoms with Gasteiger partial charge in [-0.25, -0.2) is 14.7 Å². The highest BCUT2D eigenvalue weighted by Gasteiger charge is 2.77. The number of aliphatic imine (C=N–C) groups is 1. The molecule has 12 amide bonds. The lowest BCUT2D eigenvalue weighted by Crippen LogP contribution is -2.76. The van der Waals surface area contributed by atoms with Crippen LogP contribution in [0.3, 0.4) is 0 Å². The summed E-state index contributed by atoms with van der Waals surface area (Å²) in [6, 6.07) is -0.598. The number of thioether (sulfide) groups is 1. The number of nitrogens with zero attached hydrogens (tertiary/aromatic N) is 3. The highest BCUT2D eigenvalue weighted by molar-refractivity contribution is 8.00. The lowest BCUT2D eigenvalue weighted by Gasteiger charge is -2.68. The number of hydrogen-bond donors (Lipinski definition) is 20. The van der Waals surface area contributed by atoms with Crippen LogP contribution < -0.4 is 92.7 Å². The second-order valence-electron chi connectivity index (χ2n) is 36.6. The number of hydrogen-bond acceptors (Lipinski definition) is 29. The van der Waals surface area contributed by atoms with Crippen molar-refractivity contribution in [3.8, 4) is 5.75 Å². The molecule has 4 saturated carbocycles. The number of rotatable bonds is 65. The molecule has 4 bridgehead atoms. The molecule has 45 heteroatoms. The summed E-state index contributed by atoms with van der Waals surface area (Å²) in [4.78, 5) is 240. The predicted octanol–water partition coefficient (Wildman–Crippen LogP) is 0.612. The Morgan fingerprint density at radius 2 is 1.22 bits per heavy atom. The minimum Gasteiger partial charge on any atom is -0.487 e. The molecule has 138 heavy (non-hydrogen) atoms. The molecular weight excluding hydrogens is 1830 g/mol. The number of methoxy groups -OCH3 is 1. The van der Waals surface area contributed by atoms with E-state index in [1.807, 2.05) is 19.9 Å². The van der Waals surface area contributed by atoms with Crippen LogP contribution in [0, 0.1) is 41.4 Å². The number of aliphatic hydroxyl groups excluding tert-OH is 2. The number of guanidine groups is 1. The molecule has 2 aliphatic heterocycles. The van der Waals surface area contributed by atoms with Gasteiger partial charge in [-0.2, -0.15) is 4.89 Å². The number of amides is 12. The first kappa shape index (κ1) is 112. The standard InChI is InChI=1S/C93H139ClN20O23S/c1-52(2)35-58(82(124)110-69(28-29-76(99)120)85(127)106-62-25-21-54(22-26-62)49-135-81-57(23-20-53(3)117)24-27-64(80(81)94)93(134-4)92(136-137-93)60-37-55-36-56(39-60)40-61(92)38-55)41-73(118)66(15-7-10-30-95)109-83(125)59(47-115)42-74(119)72(48-116)113-88(130)71(43-63-45-102-51-105-63)108-77(121)19-6-5-13-34-114-79(123)44-75(89(114)131)138-50-65(98)84(126)104-46-78(122)107-67(16-8-11-31-96)86(128)111-68(18-14-33-103-91(100)101)87(129)112-70(90(132)133)17-9-12-32-97/h20-27,45,51-52,55-56,58-61,65-72,75,115-116H,5-19,28-44,46-50,95-98H2,1-4H3,(H2,99,120)(H,102,105)(H,104,126)(H,106,127)(H,107,122)(H,108,121)(H,109,125)(H,110,124)(H,111,128)(H,112,129)(H,113,130)(H,132,133)(H4,100,101,103)/b23-20+/t55?,56?,58-,59+,60?,61?,65-,66+,67-,68-,69+,70-,71+,72+,75?,92?,93?/m1/s1. The van der Waals surface area contributed by atoms with E-state index in [0.29, 0.717) is 91.4 Å². The van der Waals surface area contributed by atoms with Crippen LogP contribution in [0.5, 0.6) is 5.75 Å². The minimum atomic E-state index is -1.69. The Balaban J connectivity index is 0.796. The molecule has 2 saturated heterocycles. The third kappa shape index (κ3) is 32.6. The maximum Gasteiger partial charge on any atom is 0.326 e. The highest BCUT2D eigenvalue weighted by Crippen LogP contribution is 2.70. The molecule has 2 unspecified atom stereocenters. The first-order chi connectivity index (χ1) is 65.9. The number of imide groups is 1. The summed E-state index contributed by atoms with van der Waals surface area (Å²) in [5.74, 6) is -14.6. The predicted molar refractivity (Wildman–Crippen MR) is 509 cm³/mol. The van der Waals surface area contributed by atoms with Gasteiger partial charge in [0.25, 0.3) is 5.79 Å². The fourth-order valence-electron chi connectivity index (χ4n) is 18.5. The number of likely N-dealkylation sites (tertiary alicyclic amines) is 1. The molecule has 9 rings (SSSR count). The van der Waals surface area contributed by atoms with Gasteiger partial charge in [0.1, 0.15) is 48.6 Å². The van der Waals surface area contributed by atoms with Gasteiger partial charge < -0.3 is 118 Å². The van der Waals surface area contributed by atoms with Gasteiger partial charge in [0, 0.05) is 99.1 Å². The number of nitrogens with one attached hydrogen (secondary N) is 10. The number of aromatic amines is 1. The number of carboxylic acids is 1. The van der Waals surface area contributed by atoms with Gasteiger partial charge in [-0.1, -0.05) is 56.1 Å². The monoisotopic (exact) mass is 1970 g/mol. The maximum absolute atomic E-state index is 14.6. The van der Waals surface area contributed by atoms with Crippen molar-refractivity contribution in [1.82, 2.24) is 57.4 Å². The lowest BCUT2D eigenvalue weighted by molar-refractivity contribution is -0.645. The number of Topliss-reactive ketones (excluding diaryl/α,β-unsaturated/α-hetero) is 2. The Morgan fingerprint density at radius 1 is 0.645 bits per heavy atom. The van der Waals surface area contributed by atoms with Crippen LogP contribution in [0.1, 0.15) is 210 Å². The van der Waals surface area contributed by atoms with Crippen LogP contribution in [0.15, 0.2) is 60.0 Å².